The fourth-order valence-electron chi connectivity index (χ4n) is 3.76. The van der Waals surface area contributed by atoms with E-state index < -0.39 is 10.0 Å². The number of sulfonamides is 1. The molecule has 1 amide bonds. The lowest BCUT2D eigenvalue weighted by Gasteiger charge is -2.38. The molecule has 0 aromatic heterocycles. The summed E-state index contributed by atoms with van der Waals surface area (Å²) < 4.78 is 32.3. The smallest absolute Gasteiger partial charge is 0.253 e. The second kappa shape index (κ2) is 9.22. The highest BCUT2D eigenvalue weighted by molar-refractivity contribution is 7.89. The van der Waals surface area contributed by atoms with Crippen molar-refractivity contribution in [1.29, 1.82) is 5.26 Å². The van der Waals surface area contributed by atoms with E-state index in [2.05, 4.69) is 11.0 Å². The zero-order valence-corrected chi connectivity index (χ0v) is 17.8. The van der Waals surface area contributed by atoms with E-state index in [9.17, 15) is 18.5 Å². The molecule has 0 saturated carbocycles. The predicted molar refractivity (Wildman–Crippen MR) is 108 cm³/mol. The molecule has 0 aliphatic carbocycles. The number of rotatable bonds is 5. The summed E-state index contributed by atoms with van der Waals surface area (Å²) in [4.78, 5) is 16.9. The van der Waals surface area contributed by atoms with Crippen molar-refractivity contribution in [1.82, 2.24) is 14.1 Å². The fourth-order valence-corrected chi connectivity index (χ4v) is 5.22. The van der Waals surface area contributed by atoms with Gasteiger partial charge in [-0.3, -0.25) is 9.69 Å². The van der Waals surface area contributed by atoms with Crippen molar-refractivity contribution < 1.29 is 17.9 Å². The Morgan fingerprint density at radius 3 is 2.34 bits per heavy atom. The van der Waals surface area contributed by atoms with Gasteiger partial charge < -0.3 is 9.64 Å². The first-order valence-electron chi connectivity index (χ1n) is 9.95. The fraction of sp³-hybridized carbons (Fsp3) is 0.600. The Balaban J connectivity index is 1.70. The number of hydrogen-bond acceptors (Lipinski definition) is 6. The lowest BCUT2D eigenvalue weighted by molar-refractivity contribution is 0.0576. The van der Waals surface area contributed by atoms with Crippen molar-refractivity contribution >= 4 is 15.9 Å². The molecule has 0 N–H and O–H groups in total. The molecular formula is C20H28N4O4S. The maximum absolute atomic E-state index is 12.9. The zero-order chi connectivity index (χ0) is 21.0. The maximum Gasteiger partial charge on any atom is 0.253 e. The first kappa shape index (κ1) is 21.7. The third-order valence-electron chi connectivity index (χ3n) is 5.45. The molecule has 1 aromatic rings. The monoisotopic (exact) mass is 420 g/mol. The first-order chi connectivity index (χ1) is 13.8. The molecule has 2 fully saturated rings. The summed E-state index contributed by atoms with van der Waals surface area (Å²) in [7, 11) is -3.64. The number of nitrogens with zero attached hydrogens (tertiary/aromatic N) is 4. The van der Waals surface area contributed by atoms with Crippen molar-refractivity contribution in [3.8, 4) is 6.07 Å². The third kappa shape index (κ3) is 4.78. The van der Waals surface area contributed by atoms with Crippen LogP contribution in [0.3, 0.4) is 0 Å². The first-order valence-corrected chi connectivity index (χ1v) is 11.4. The molecule has 2 saturated heterocycles. The van der Waals surface area contributed by atoms with Crippen LogP contribution in [0, 0.1) is 17.2 Å². The van der Waals surface area contributed by atoms with Crippen molar-refractivity contribution in [3.63, 3.8) is 0 Å². The summed E-state index contributed by atoms with van der Waals surface area (Å²) >= 11 is 0. The van der Waals surface area contributed by atoms with Gasteiger partial charge in [-0.15, -0.1) is 0 Å². The lowest BCUT2D eigenvalue weighted by Crippen LogP contribution is -2.52. The molecule has 8 nitrogen and oxygen atoms in total. The van der Waals surface area contributed by atoms with Crippen LogP contribution in [-0.4, -0.2) is 87.0 Å². The van der Waals surface area contributed by atoms with Crippen LogP contribution < -0.4 is 0 Å². The molecule has 9 heteroatoms. The Morgan fingerprint density at radius 1 is 1.10 bits per heavy atom. The average molecular weight is 421 g/mol. The second-order valence-corrected chi connectivity index (χ2v) is 9.63. The van der Waals surface area contributed by atoms with Gasteiger partial charge >= 0.3 is 0 Å². The lowest BCUT2D eigenvalue weighted by atomic mass is 10.0. The molecule has 0 radical (unpaired) electrons. The molecule has 0 bridgehead atoms. The van der Waals surface area contributed by atoms with Gasteiger partial charge in [0.05, 0.1) is 24.2 Å². The van der Waals surface area contributed by atoms with Crippen molar-refractivity contribution in [2.45, 2.75) is 24.8 Å². The number of piperazine rings is 1. The van der Waals surface area contributed by atoms with Crippen LogP contribution in [-0.2, 0) is 14.8 Å². The second-order valence-electron chi connectivity index (χ2n) is 7.69. The standard InChI is InChI=1S/C20H28N4O4S/c1-16(2)19(15-21)22-6-8-23(9-7-22)20(25)17-4-3-5-18(14-17)29(26,27)24-10-12-28-13-11-24/h3-5,14,16,19H,6-13H2,1-2H3. The van der Waals surface area contributed by atoms with Crippen molar-refractivity contribution in [2.75, 3.05) is 52.5 Å². The molecule has 0 spiro atoms. The van der Waals surface area contributed by atoms with Gasteiger partial charge in [-0.25, -0.2) is 8.42 Å². The van der Waals surface area contributed by atoms with Gasteiger partial charge in [0.15, 0.2) is 0 Å². The summed E-state index contributed by atoms with van der Waals surface area (Å²) in [6.07, 6.45) is 0. The highest BCUT2D eigenvalue weighted by Gasteiger charge is 2.30. The molecule has 3 rings (SSSR count). The number of amides is 1. The molecule has 1 unspecified atom stereocenters. The van der Waals surface area contributed by atoms with E-state index >= 15 is 0 Å². The van der Waals surface area contributed by atoms with Gasteiger partial charge in [-0.1, -0.05) is 19.9 Å². The number of carbonyl (C=O) groups excluding carboxylic acids is 1. The molecule has 2 heterocycles. The molecule has 1 atom stereocenters. The number of carbonyl (C=O) groups is 1. The summed E-state index contributed by atoms with van der Waals surface area (Å²) in [6.45, 7) is 7.73. The number of morpholine rings is 1. The average Bonchev–Trinajstić information content (AvgIpc) is 2.75. The summed E-state index contributed by atoms with van der Waals surface area (Å²) in [6, 6.07) is 8.44. The minimum Gasteiger partial charge on any atom is -0.379 e. The van der Waals surface area contributed by atoms with E-state index in [1.165, 1.54) is 16.4 Å². The van der Waals surface area contributed by atoms with Crippen LogP contribution in [0.15, 0.2) is 29.2 Å². The zero-order valence-electron chi connectivity index (χ0n) is 17.0. The molecule has 29 heavy (non-hydrogen) atoms. The Labute approximate surface area is 172 Å². The van der Waals surface area contributed by atoms with Gasteiger partial charge in [0.2, 0.25) is 10.0 Å². The number of ether oxygens (including phenoxy) is 1. The third-order valence-corrected chi connectivity index (χ3v) is 7.34. The van der Waals surface area contributed by atoms with Crippen LogP contribution >= 0.6 is 0 Å². The number of benzene rings is 1. The van der Waals surface area contributed by atoms with Gasteiger partial charge in [0.1, 0.15) is 6.04 Å². The normalized spacial score (nSPS) is 20.4. The van der Waals surface area contributed by atoms with Gasteiger partial charge in [0, 0.05) is 44.8 Å². The Morgan fingerprint density at radius 2 is 1.76 bits per heavy atom. The predicted octanol–water partition coefficient (Wildman–Crippen LogP) is 1.01. The quantitative estimate of drug-likeness (QED) is 0.706. The van der Waals surface area contributed by atoms with Crippen LogP contribution in [0.2, 0.25) is 0 Å². The van der Waals surface area contributed by atoms with Crippen molar-refractivity contribution in [3.05, 3.63) is 29.8 Å². The maximum atomic E-state index is 12.9. The molecule has 1 aromatic carbocycles. The van der Waals surface area contributed by atoms with Crippen LogP contribution in [0.25, 0.3) is 0 Å². The van der Waals surface area contributed by atoms with E-state index in [0.717, 1.165) is 0 Å². The van der Waals surface area contributed by atoms with Crippen molar-refractivity contribution in [2.24, 2.45) is 5.92 Å². The highest BCUT2D eigenvalue weighted by Crippen LogP contribution is 2.20. The van der Waals surface area contributed by atoms with E-state index in [0.29, 0.717) is 58.0 Å². The SMILES string of the molecule is CC(C)C(C#N)N1CCN(C(=O)c2cccc(S(=O)(=O)N3CCOCC3)c2)CC1. The molecule has 158 valence electrons. The van der Waals surface area contributed by atoms with E-state index in [-0.39, 0.29) is 22.8 Å². The van der Waals surface area contributed by atoms with Crippen LogP contribution in [0.4, 0.5) is 0 Å². The Kier molecular flexibility index (Phi) is 6.90. The van der Waals surface area contributed by atoms with E-state index in [4.69, 9.17) is 4.74 Å². The van der Waals surface area contributed by atoms with E-state index in [1.807, 2.05) is 13.8 Å². The van der Waals surface area contributed by atoms with Gasteiger partial charge in [-0.05, 0) is 24.1 Å². The number of hydrogen-bond donors (Lipinski definition) is 0. The highest BCUT2D eigenvalue weighted by atomic mass is 32.2. The minimum absolute atomic E-state index is 0.133. The molecular weight excluding hydrogens is 392 g/mol. The topological polar surface area (TPSA) is 93.9 Å². The molecule has 2 aliphatic heterocycles. The summed E-state index contributed by atoms with van der Waals surface area (Å²) in [5, 5.41) is 9.38. The largest absolute Gasteiger partial charge is 0.379 e. The minimum atomic E-state index is -3.64. The molecule has 2 aliphatic rings. The van der Waals surface area contributed by atoms with E-state index in [1.54, 1.807) is 17.0 Å². The van der Waals surface area contributed by atoms with Gasteiger partial charge in [0.25, 0.3) is 5.91 Å². The Hall–Kier alpha value is -1.99. The van der Waals surface area contributed by atoms with Crippen LogP contribution in [0.1, 0.15) is 24.2 Å². The summed E-state index contributed by atoms with van der Waals surface area (Å²) in [5.41, 5.74) is 0.369. The number of nitriles is 1. The van der Waals surface area contributed by atoms with Gasteiger partial charge in [-0.2, -0.15) is 9.57 Å². The summed E-state index contributed by atoms with van der Waals surface area (Å²) in [5.74, 6) is 0.0473. The van der Waals surface area contributed by atoms with Crippen LogP contribution in [0.5, 0.6) is 0 Å². The Bertz CT molecular complexity index is 867.